The topological polar surface area (TPSA) is 134 Å². The van der Waals surface area contributed by atoms with Crippen LogP contribution in [0.3, 0.4) is 0 Å². The summed E-state index contributed by atoms with van der Waals surface area (Å²) in [5, 5.41) is 4.35. The van der Waals surface area contributed by atoms with Gasteiger partial charge in [-0.05, 0) is 66.8 Å². The molecule has 0 unspecified atom stereocenters. The fourth-order valence-corrected chi connectivity index (χ4v) is 6.61. The van der Waals surface area contributed by atoms with Crippen LogP contribution in [0.1, 0.15) is 36.0 Å². The van der Waals surface area contributed by atoms with Gasteiger partial charge in [0.05, 0.1) is 4.90 Å². The number of hydrogen-bond acceptors (Lipinski definition) is 7. The van der Waals surface area contributed by atoms with Crippen molar-refractivity contribution >= 4 is 54.5 Å². The summed E-state index contributed by atoms with van der Waals surface area (Å²) in [5.74, 6) is -0.0138. The summed E-state index contributed by atoms with van der Waals surface area (Å²) in [5.41, 5.74) is 0.905. The number of amidine groups is 1. The molecule has 0 bridgehead atoms. The van der Waals surface area contributed by atoms with Gasteiger partial charge in [-0.3, -0.25) is 19.2 Å². The Morgan fingerprint density at radius 2 is 1.63 bits per heavy atom. The molecule has 1 amide bonds. The van der Waals surface area contributed by atoms with Gasteiger partial charge in [0.1, 0.15) is 10.0 Å². The summed E-state index contributed by atoms with van der Waals surface area (Å²) in [6.07, 6.45) is 3.41. The van der Waals surface area contributed by atoms with E-state index in [0.717, 1.165) is 30.6 Å². The molecule has 184 valence electrons. The zero-order valence-electron chi connectivity index (χ0n) is 18.6. The number of amides is 1. The number of benzene rings is 2. The molecule has 0 aliphatic carbocycles. The third-order valence-electron chi connectivity index (χ3n) is 5.19. The first-order chi connectivity index (χ1) is 16.7. The van der Waals surface area contributed by atoms with E-state index in [4.69, 9.17) is 0 Å². The van der Waals surface area contributed by atoms with E-state index in [0.29, 0.717) is 30.2 Å². The number of sulfonamides is 2. The van der Waals surface area contributed by atoms with Crippen molar-refractivity contribution in [3.63, 3.8) is 0 Å². The van der Waals surface area contributed by atoms with Gasteiger partial charge in [-0.25, -0.2) is 16.8 Å². The monoisotopic (exact) mass is 532 g/mol. The predicted octanol–water partition coefficient (Wildman–Crippen LogP) is 4.05. The van der Waals surface area contributed by atoms with Crippen molar-refractivity contribution in [1.29, 1.82) is 0 Å². The van der Waals surface area contributed by atoms with E-state index in [1.54, 1.807) is 23.6 Å². The van der Waals surface area contributed by atoms with E-state index >= 15 is 0 Å². The number of carbonyl (C=O) groups is 1. The lowest BCUT2D eigenvalue weighted by atomic mass is 10.2. The normalized spacial score (nSPS) is 14.5. The molecule has 3 N–H and O–H groups in total. The van der Waals surface area contributed by atoms with Gasteiger partial charge in [0.25, 0.3) is 26.0 Å². The van der Waals surface area contributed by atoms with Gasteiger partial charge in [-0.2, -0.15) is 0 Å². The summed E-state index contributed by atoms with van der Waals surface area (Å²) in [4.78, 5) is 17.0. The van der Waals surface area contributed by atoms with Crippen molar-refractivity contribution in [3.05, 3.63) is 71.6 Å². The molecule has 0 saturated heterocycles. The van der Waals surface area contributed by atoms with Crippen LogP contribution in [0.2, 0.25) is 0 Å². The molecule has 4 rings (SSSR count). The minimum absolute atomic E-state index is 0.0144. The first kappa shape index (κ1) is 24.9. The highest BCUT2D eigenvalue weighted by atomic mass is 32.2. The van der Waals surface area contributed by atoms with E-state index in [2.05, 4.69) is 19.8 Å². The van der Waals surface area contributed by atoms with Gasteiger partial charge < -0.3 is 5.32 Å². The van der Waals surface area contributed by atoms with Gasteiger partial charge in [0.2, 0.25) is 0 Å². The number of hydrogen-bond donors (Lipinski definition) is 3. The molecule has 0 spiro atoms. The second kappa shape index (κ2) is 10.6. The molecule has 0 fully saturated rings. The fourth-order valence-electron chi connectivity index (χ4n) is 3.43. The lowest BCUT2D eigenvalue weighted by Gasteiger charge is -2.12. The molecule has 12 heteroatoms. The third-order valence-corrected chi connectivity index (χ3v) is 9.35. The Balaban J connectivity index is 1.43. The van der Waals surface area contributed by atoms with E-state index in [1.165, 1.54) is 42.5 Å². The lowest BCUT2D eigenvalue weighted by Crippen LogP contribution is -2.30. The van der Waals surface area contributed by atoms with Gasteiger partial charge in [0, 0.05) is 29.9 Å². The average Bonchev–Trinajstić information content (AvgIpc) is 3.27. The zero-order chi connectivity index (χ0) is 24.9. The van der Waals surface area contributed by atoms with Crippen molar-refractivity contribution < 1.29 is 21.6 Å². The molecule has 3 aromatic rings. The number of nitrogens with zero attached hydrogens (tertiary/aromatic N) is 1. The molecular formula is C23H24N4O5S3. The third kappa shape index (κ3) is 6.47. The Bertz CT molecular complexity index is 1430. The van der Waals surface area contributed by atoms with Crippen LogP contribution >= 0.6 is 11.3 Å². The highest BCUT2D eigenvalue weighted by molar-refractivity contribution is 7.94. The van der Waals surface area contributed by atoms with E-state index < -0.39 is 26.0 Å². The summed E-state index contributed by atoms with van der Waals surface area (Å²) < 4.78 is 55.5. The van der Waals surface area contributed by atoms with Gasteiger partial charge in [-0.15, -0.1) is 11.3 Å². The molecular weight excluding hydrogens is 508 g/mol. The van der Waals surface area contributed by atoms with Crippen LogP contribution in [0.25, 0.3) is 0 Å². The quantitative estimate of drug-likeness (QED) is 0.422. The number of rotatable bonds is 7. The van der Waals surface area contributed by atoms with Gasteiger partial charge in [0.15, 0.2) is 0 Å². The largest absolute Gasteiger partial charge is 0.322 e. The molecule has 2 aromatic carbocycles. The summed E-state index contributed by atoms with van der Waals surface area (Å²) in [6.45, 7) is 0.599. The first-order valence-corrected chi connectivity index (χ1v) is 14.7. The molecule has 1 aliphatic rings. The van der Waals surface area contributed by atoms with Crippen molar-refractivity contribution in [2.45, 2.75) is 34.8 Å². The standard InChI is InChI=1S/C23H24N4O5S3/c28-23(17-10-12-18(13-11-17)26-35(31,32)22-9-5-15-33-22)25-19-6-4-7-20(16-19)34(29,30)27-21-8-2-1-3-14-24-21/h4-7,9-13,15-16,26H,1-3,8,14H2,(H,24,27)(H,25,28). The van der Waals surface area contributed by atoms with Crippen LogP contribution < -0.4 is 14.8 Å². The number of thiophene rings is 1. The van der Waals surface area contributed by atoms with Crippen molar-refractivity contribution in [2.75, 3.05) is 16.6 Å². The maximum atomic E-state index is 12.8. The first-order valence-electron chi connectivity index (χ1n) is 10.9. The van der Waals surface area contributed by atoms with Gasteiger partial charge >= 0.3 is 0 Å². The lowest BCUT2D eigenvalue weighted by molar-refractivity contribution is 0.102. The average molecular weight is 533 g/mol. The second-order valence-corrected chi connectivity index (χ2v) is 12.4. The summed E-state index contributed by atoms with van der Waals surface area (Å²) >= 11 is 1.10. The molecule has 1 aromatic heterocycles. The number of anilines is 2. The maximum absolute atomic E-state index is 12.8. The molecule has 9 nitrogen and oxygen atoms in total. The van der Waals surface area contributed by atoms with Crippen LogP contribution in [0.4, 0.5) is 11.4 Å². The summed E-state index contributed by atoms with van der Waals surface area (Å²) in [6, 6.07) is 15.0. The highest BCUT2D eigenvalue weighted by Gasteiger charge is 2.19. The van der Waals surface area contributed by atoms with E-state index in [1.807, 2.05) is 0 Å². The van der Waals surface area contributed by atoms with Crippen LogP contribution in [-0.2, 0) is 20.0 Å². The Hall–Kier alpha value is -3.22. The van der Waals surface area contributed by atoms with Crippen LogP contribution in [0.15, 0.2) is 80.1 Å². The number of nitrogens with one attached hydrogen (secondary N) is 3. The minimum atomic E-state index is -3.84. The molecule has 2 heterocycles. The van der Waals surface area contributed by atoms with Crippen LogP contribution in [-0.4, -0.2) is 35.1 Å². The highest BCUT2D eigenvalue weighted by Crippen LogP contribution is 2.21. The predicted molar refractivity (Wildman–Crippen MR) is 137 cm³/mol. The number of aliphatic imine (C=N–C) groups is 1. The summed E-state index contributed by atoms with van der Waals surface area (Å²) in [7, 11) is -7.52. The second-order valence-electron chi connectivity index (χ2n) is 7.84. The van der Waals surface area contributed by atoms with Crippen molar-refractivity contribution in [3.8, 4) is 0 Å². The Labute approximate surface area is 208 Å². The van der Waals surface area contributed by atoms with Crippen LogP contribution in [0, 0.1) is 0 Å². The molecule has 1 aliphatic heterocycles. The van der Waals surface area contributed by atoms with Crippen molar-refractivity contribution in [2.24, 2.45) is 4.99 Å². The smallest absolute Gasteiger partial charge is 0.271 e. The zero-order valence-corrected chi connectivity index (χ0v) is 21.0. The molecule has 0 saturated carbocycles. The molecule has 0 atom stereocenters. The maximum Gasteiger partial charge on any atom is 0.271 e. The molecule has 35 heavy (non-hydrogen) atoms. The van der Waals surface area contributed by atoms with Crippen molar-refractivity contribution in [1.82, 2.24) is 4.72 Å². The minimum Gasteiger partial charge on any atom is -0.322 e. The fraction of sp³-hybridized carbons (Fsp3) is 0.217. The van der Waals surface area contributed by atoms with E-state index in [9.17, 15) is 21.6 Å². The van der Waals surface area contributed by atoms with E-state index in [-0.39, 0.29) is 14.7 Å². The van der Waals surface area contributed by atoms with Crippen LogP contribution in [0.5, 0.6) is 0 Å². The molecule has 0 radical (unpaired) electrons. The SMILES string of the molecule is O=C(Nc1cccc(S(=O)(=O)NC2=NCCCCC2)c1)c1ccc(NS(=O)(=O)c2cccs2)cc1. The number of carbonyl (C=O) groups excluding carboxylic acids is 1. The Morgan fingerprint density at radius 1 is 0.829 bits per heavy atom. The van der Waals surface area contributed by atoms with Gasteiger partial charge in [-0.1, -0.05) is 18.6 Å². The Kier molecular flexibility index (Phi) is 7.53. The Morgan fingerprint density at radius 3 is 2.37 bits per heavy atom.